The largest absolute Gasteiger partial charge is 0.389 e. The van der Waals surface area contributed by atoms with Crippen LogP contribution in [0.4, 0.5) is 5.82 Å². The lowest BCUT2D eigenvalue weighted by atomic mass is 9.81. The SMILES string of the molecule is CCCC(CS)(CCC)Cn1ccc([N+](=O)[O-])n1. The molecule has 0 fully saturated rings. The summed E-state index contributed by atoms with van der Waals surface area (Å²) < 4.78 is 1.68. The third-order valence-corrected chi connectivity index (χ3v) is 3.88. The highest BCUT2D eigenvalue weighted by Gasteiger charge is 2.29. The van der Waals surface area contributed by atoms with Crippen molar-refractivity contribution in [3.8, 4) is 0 Å². The highest BCUT2D eigenvalue weighted by molar-refractivity contribution is 7.80. The lowest BCUT2D eigenvalue weighted by Crippen LogP contribution is -2.29. The molecule has 0 bridgehead atoms. The summed E-state index contributed by atoms with van der Waals surface area (Å²) >= 11 is 4.47. The predicted octanol–water partition coefficient (Wildman–Crippen LogP) is 3.31. The van der Waals surface area contributed by atoms with Crippen LogP contribution in [-0.4, -0.2) is 20.5 Å². The van der Waals surface area contributed by atoms with Crippen LogP contribution in [0.1, 0.15) is 39.5 Å². The Morgan fingerprint density at radius 2 is 2.06 bits per heavy atom. The lowest BCUT2D eigenvalue weighted by molar-refractivity contribution is -0.389. The molecule has 1 heterocycles. The molecule has 0 aliphatic heterocycles. The maximum absolute atomic E-state index is 10.6. The van der Waals surface area contributed by atoms with Gasteiger partial charge in [-0.1, -0.05) is 26.7 Å². The molecule has 102 valence electrons. The number of hydrogen-bond acceptors (Lipinski definition) is 4. The van der Waals surface area contributed by atoms with Gasteiger partial charge >= 0.3 is 5.82 Å². The molecule has 0 aliphatic rings. The molecule has 18 heavy (non-hydrogen) atoms. The first-order chi connectivity index (χ1) is 8.56. The Kier molecular flexibility index (Phi) is 5.65. The number of thiol groups is 1. The van der Waals surface area contributed by atoms with E-state index < -0.39 is 4.92 Å². The van der Waals surface area contributed by atoms with Crippen molar-refractivity contribution in [2.75, 3.05) is 5.75 Å². The van der Waals surface area contributed by atoms with Crippen LogP contribution in [0.25, 0.3) is 0 Å². The van der Waals surface area contributed by atoms with Gasteiger partial charge in [-0.05, 0) is 23.5 Å². The maximum atomic E-state index is 10.6. The normalized spacial score (nSPS) is 11.7. The van der Waals surface area contributed by atoms with Crippen LogP contribution in [0, 0.1) is 15.5 Å². The van der Waals surface area contributed by atoms with Crippen LogP contribution in [0.15, 0.2) is 12.3 Å². The molecule has 5 nitrogen and oxygen atoms in total. The molecule has 0 radical (unpaired) electrons. The Morgan fingerprint density at radius 3 is 2.44 bits per heavy atom. The summed E-state index contributed by atoms with van der Waals surface area (Å²) in [7, 11) is 0. The second-order valence-electron chi connectivity index (χ2n) is 4.79. The molecule has 0 spiro atoms. The molecule has 0 atom stereocenters. The summed E-state index contributed by atoms with van der Waals surface area (Å²) in [6.45, 7) is 5.00. The first-order valence-electron chi connectivity index (χ1n) is 6.35. The Bertz CT molecular complexity index is 386. The van der Waals surface area contributed by atoms with E-state index in [1.165, 1.54) is 6.07 Å². The van der Waals surface area contributed by atoms with E-state index in [-0.39, 0.29) is 11.2 Å². The second-order valence-corrected chi connectivity index (χ2v) is 5.10. The Balaban J connectivity index is 2.83. The summed E-state index contributed by atoms with van der Waals surface area (Å²) in [5.41, 5.74) is 0.0898. The zero-order valence-corrected chi connectivity index (χ0v) is 11.9. The van der Waals surface area contributed by atoms with Crippen LogP contribution in [0.3, 0.4) is 0 Å². The second kappa shape index (κ2) is 6.78. The van der Waals surface area contributed by atoms with E-state index in [1.54, 1.807) is 10.9 Å². The van der Waals surface area contributed by atoms with Gasteiger partial charge in [-0.3, -0.25) is 0 Å². The van der Waals surface area contributed by atoms with E-state index in [1.807, 2.05) is 0 Å². The fourth-order valence-electron chi connectivity index (χ4n) is 2.43. The molecule has 0 aliphatic carbocycles. The average Bonchev–Trinajstić information content (AvgIpc) is 2.78. The van der Waals surface area contributed by atoms with E-state index in [4.69, 9.17) is 0 Å². The molecular weight excluding hydrogens is 250 g/mol. The van der Waals surface area contributed by atoms with E-state index in [0.29, 0.717) is 6.54 Å². The van der Waals surface area contributed by atoms with Crippen molar-refractivity contribution >= 4 is 18.4 Å². The first kappa shape index (κ1) is 15.0. The van der Waals surface area contributed by atoms with Gasteiger partial charge in [0.2, 0.25) is 0 Å². The molecule has 1 aromatic heterocycles. The maximum Gasteiger partial charge on any atom is 0.389 e. The number of rotatable bonds is 8. The smallest absolute Gasteiger partial charge is 0.358 e. The molecule has 0 saturated heterocycles. The van der Waals surface area contributed by atoms with Gasteiger partial charge in [-0.25, -0.2) is 0 Å². The van der Waals surface area contributed by atoms with Gasteiger partial charge in [0.25, 0.3) is 0 Å². The molecule has 6 heteroatoms. The lowest BCUT2D eigenvalue weighted by Gasteiger charge is -2.30. The summed E-state index contributed by atoms with van der Waals surface area (Å²) in [4.78, 5) is 10.2. The third-order valence-electron chi connectivity index (χ3n) is 3.21. The van der Waals surface area contributed by atoms with Crippen LogP contribution in [0.5, 0.6) is 0 Å². The van der Waals surface area contributed by atoms with Gasteiger partial charge < -0.3 is 10.1 Å². The van der Waals surface area contributed by atoms with Crippen LogP contribution in [0.2, 0.25) is 0 Å². The number of nitrogens with zero attached hydrogens (tertiary/aromatic N) is 3. The van der Waals surface area contributed by atoms with Gasteiger partial charge in [-0.15, -0.1) is 0 Å². The molecule has 0 aromatic carbocycles. The van der Waals surface area contributed by atoms with Crippen molar-refractivity contribution in [1.29, 1.82) is 0 Å². The van der Waals surface area contributed by atoms with Crippen molar-refractivity contribution in [2.45, 2.75) is 46.1 Å². The number of aromatic nitrogens is 2. The van der Waals surface area contributed by atoms with Crippen LogP contribution in [-0.2, 0) is 6.54 Å². The number of hydrogen-bond donors (Lipinski definition) is 1. The van der Waals surface area contributed by atoms with Crippen LogP contribution < -0.4 is 0 Å². The fraction of sp³-hybridized carbons (Fsp3) is 0.750. The summed E-state index contributed by atoms with van der Waals surface area (Å²) in [6.07, 6.45) is 5.99. The zero-order valence-electron chi connectivity index (χ0n) is 11.0. The third kappa shape index (κ3) is 3.73. The average molecular weight is 271 g/mol. The molecular formula is C12H21N3O2S. The minimum atomic E-state index is -0.460. The molecule has 0 unspecified atom stereocenters. The monoisotopic (exact) mass is 271 g/mol. The zero-order chi connectivity index (χ0) is 13.6. The summed E-state index contributed by atoms with van der Waals surface area (Å²) in [6, 6.07) is 1.45. The molecule has 1 rings (SSSR count). The van der Waals surface area contributed by atoms with Crippen molar-refractivity contribution in [3.63, 3.8) is 0 Å². The van der Waals surface area contributed by atoms with Crippen molar-refractivity contribution in [1.82, 2.24) is 9.78 Å². The van der Waals surface area contributed by atoms with Crippen LogP contribution >= 0.6 is 12.6 Å². The quantitative estimate of drug-likeness (QED) is 0.448. The fourth-order valence-corrected chi connectivity index (χ4v) is 2.85. The van der Waals surface area contributed by atoms with Crippen molar-refractivity contribution in [2.24, 2.45) is 5.41 Å². The minimum absolute atomic E-state index is 0.0870. The van der Waals surface area contributed by atoms with Gasteiger partial charge in [0, 0.05) is 5.41 Å². The van der Waals surface area contributed by atoms with E-state index in [9.17, 15) is 10.1 Å². The first-order valence-corrected chi connectivity index (χ1v) is 6.99. The Morgan fingerprint density at radius 1 is 1.44 bits per heavy atom. The minimum Gasteiger partial charge on any atom is -0.358 e. The Hall–Kier alpha value is -1.04. The Labute approximate surface area is 113 Å². The molecule has 0 amide bonds. The highest BCUT2D eigenvalue weighted by Crippen LogP contribution is 2.33. The van der Waals surface area contributed by atoms with E-state index >= 15 is 0 Å². The van der Waals surface area contributed by atoms with Gasteiger partial charge in [0.05, 0.1) is 23.9 Å². The molecule has 0 saturated carbocycles. The van der Waals surface area contributed by atoms with Gasteiger partial charge in [-0.2, -0.15) is 17.3 Å². The summed E-state index contributed by atoms with van der Waals surface area (Å²) in [5.74, 6) is 0.693. The highest BCUT2D eigenvalue weighted by atomic mass is 32.1. The predicted molar refractivity (Wildman–Crippen MR) is 75.0 cm³/mol. The van der Waals surface area contributed by atoms with Gasteiger partial charge in [0.1, 0.15) is 0 Å². The standard InChI is InChI=1S/C12H21N3O2S/c1-3-6-12(10-18,7-4-2)9-14-8-5-11(13-14)15(16)17/h5,8,18H,3-4,6-7,9-10H2,1-2H3. The van der Waals surface area contributed by atoms with E-state index in [0.717, 1.165) is 31.4 Å². The number of nitro groups is 1. The van der Waals surface area contributed by atoms with Gasteiger partial charge in [0.15, 0.2) is 0 Å². The molecule has 0 N–H and O–H groups in total. The topological polar surface area (TPSA) is 61.0 Å². The van der Waals surface area contributed by atoms with Crippen molar-refractivity contribution < 1.29 is 4.92 Å². The molecule has 1 aromatic rings. The summed E-state index contributed by atoms with van der Waals surface area (Å²) in [5, 5.41) is 14.6. The van der Waals surface area contributed by atoms with E-state index in [2.05, 4.69) is 31.6 Å². The van der Waals surface area contributed by atoms with Crippen molar-refractivity contribution in [3.05, 3.63) is 22.4 Å².